The fourth-order valence-electron chi connectivity index (χ4n) is 3.98. The second kappa shape index (κ2) is 8.41. The highest BCUT2D eigenvalue weighted by molar-refractivity contribution is 5.89. The van der Waals surface area contributed by atoms with Crippen LogP contribution in [0.2, 0.25) is 0 Å². The third kappa shape index (κ3) is 4.32. The van der Waals surface area contributed by atoms with Crippen molar-refractivity contribution in [1.29, 1.82) is 0 Å². The SMILES string of the molecule is COC(=O)c1ccc(C2CN(c3cc(-c4ccccc4O)nnc3N)CC(F)(F)C2)cc1. The number of halogens is 2. The molecule has 1 atom stereocenters. The Morgan fingerprint density at radius 3 is 2.59 bits per heavy atom. The van der Waals surface area contributed by atoms with Gasteiger partial charge in [-0.25, -0.2) is 13.6 Å². The predicted molar refractivity (Wildman–Crippen MR) is 116 cm³/mol. The normalized spacial score (nSPS) is 17.7. The second-order valence-corrected chi connectivity index (χ2v) is 7.77. The lowest BCUT2D eigenvalue weighted by atomic mass is 9.88. The van der Waals surface area contributed by atoms with E-state index in [4.69, 9.17) is 5.73 Å². The van der Waals surface area contributed by atoms with Crippen LogP contribution in [0.15, 0.2) is 54.6 Å². The maximum Gasteiger partial charge on any atom is 0.337 e. The standard InChI is InChI=1S/C23H22F2N4O3/c1-32-22(31)15-8-6-14(7-9-15)16-11-23(24,25)13-29(12-16)19-10-18(27-28-21(19)26)17-4-2-3-5-20(17)30/h2-10,16,30H,11-13H2,1H3,(H2,26,28). The highest BCUT2D eigenvalue weighted by Gasteiger charge is 2.41. The van der Waals surface area contributed by atoms with E-state index in [1.54, 1.807) is 48.5 Å². The van der Waals surface area contributed by atoms with E-state index in [2.05, 4.69) is 14.9 Å². The quantitative estimate of drug-likeness (QED) is 0.594. The molecule has 0 radical (unpaired) electrons. The first-order valence-corrected chi connectivity index (χ1v) is 10.00. The average molecular weight is 440 g/mol. The van der Waals surface area contributed by atoms with E-state index in [0.29, 0.717) is 28.1 Å². The van der Waals surface area contributed by atoms with Gasteiger partial charge in [-0.3, -0.25) is 0 Å². The Bertz CT molecular complexity index is 1140. The summed E-state index contributed by atoms with van der Waals surface area (Å²) >= 11 is 0. The van der Waals surface area contributed by atoms with E-state index in [9.17, 15) is 18.7 Å². The van der Waals surface area contributed by atoms with Crippen LogP contribution in [-0.4, -0.2) is 47.4 Å². The summed E-state index contributed by atoms with van der Waals surface area (Å²) in [5.74, 6) is -3.91. The Hall–Kier alpha value is -3.75. The maximum absolute atomic E-state index is 14.7. The topological polar surface area (TPSA) is 102 Å². The summed E-state index contributed by atoms with van der Waals surface area (Å²) < 4.78 is 34.1. The molecule has 2 heterocycles. The lowest BCUT2D eigenvalue weighted by molar-refractivity contribution is -0.0182. The van der Waals surface area contributed by atoms with Gasteiger partial charge in [0.1, 0.15) is 5.75 Å². The molecule has 9 heteroatoms. The van der Waals surface area contributed by atoms with Crippen molar-refractivity contribution in [1.82, 2.24) is 10.2 Å². The largest absolute Gasteiger partial charge is 0.507 e. The zero-order valence-electron chi connectivity index (χ0n) is 17.3. The minimum Gasteiger partial charge on any atom is -0.507 e. The summed E-state index contributed by atoms with van der Waals surface area (Å²) in [6.07, 6.45) is -0.328. The van der Waals surface area contributed by atoms with E-state index >= 15 is 0 Å². The van der Waals surface area contributed by atoms with Crippen molar-refractivity contribution in [2.75, 3.05) is 30.8 Å². The zero-order chi connectivity index (χ0) is 22.9. The van der Waals surface area contributed by atoms with Crippen molar-refractivity contribution in [3.8, 4) is 17.0 Å². The Balaban J connectivity index is 1.66. The highest BCUT2D eigenvalue weighted by atomic mass is 19.3. The molecule has 0 spiro atoms. The molecule has 1 saturated heterocycles. The van der Waals surface area contributed by atoms with Gasteiger partial charge in [-0.1, -0.05) is 24.3 Å². The maximum atomic E-state index is 14.7. The van der Waals surface area contributed by atoms with Crippen LogP contribution in [0, 0.1) is 0 Å². The summed E-state index contributed by atoms with van der Waals surface area (Å²) in [5.41, 5.74) is 8.13. The fourth-order valence-corrected chi connectivity index (χ4v) is 3.98. The number of nitrogen functional groups attached to an aromatic ring is 1. The number of esters is 1. The molecule has 0 aliphatic carbocycles. The molecule has 7 nitrogen and oxygen atoms in total. The molecule has 0 bridgehead atoms. The number of phenols is 1. The molecule has 3 aromatic rings. The van der Waals surface area contributed by atoms with Gasteiger partial charge in [-0.15, -0.1) is 10.2 Å². The van der Waals surface area contributed by atoms with Crippen molar-refractivity contribution in [2.24, 2.45) is 0 Å². The van der Waals surface area contributed by atoms with Gasteiger partial charge in [-0.05, 0) is 35.9 Å². The van der Waals surface area contributed by atoms with Gasteiger partial charge in [0.15, 0.2) is 5.82 Å². The number of aromatic hydroxyl groups is 1. The third-order valence-electron chi connectivity index (χ3n) is 5.53. The fraction of sp³-hybridized carbons (Fsp3) is 0.261. The lowest BCUT2D eigenvalue weighted by Gasteiger charge is -2.39. The van der Waals surface area contributed by atoms with Gasteiger partial charge in [0.25, 0.3) is 5.92 Å². The van der Waals surface area contributed by atoms with Crippen LogP contribution in [0.3, 0.4) is 0 Å². The number of nitrogens with zero attached hydrogens (tertiary/aromatic N) is 3. The van der Waals surface area contributed by atoms with Gasteiger partial charge >= 0.3 is 5.97 Å². The molecule has 2 aromatic carbocycles. The molecule has 1 unspecified atom stereocenters. The first kappa shape index (κ1) is 21.5. The van der Waals surface area contributed by atoms with Gasteiger partial charge in [0, 0.05) is 24.4 Å². The number of anilines is 2. The molecule has 4 rings (SSSR count). The Morgan fingerprint density at radius 2 is 1.91 bits per heavy atom. The molecule has 1 aliphatic heterocycles. The number of hydrogen-bond donors (Lipinski definition) is 2. The molecular formula is C23H22F2N4O3. The van der Waals surface area contributed by atoms with Crippen molar-refractivity contribution in [3.63, 3.8) is 0 Å². The van der Waals surface area contributed by atoms with Crippen LogP contribution >= 0.6 is 0 Å². The van der Waals surface area contributed by atoms with Crippen LogP contribution in [0.5, 0.6) is 5.75 Å². The van der Waals surface area contributed by atoms with E-state index in [1.165, 1.54) is 18.1 Å². The zero-order valence-corrected chi connectivity index (χ0v) is 17.3. The van der Waals surface area contributed by atoms with E-state index in [-0.39, 0.29) is 24.5 Å². The van der Waals surface area contributed by atoms with E-state index < -0.39 is 24.4 Å². The number of phenolic OH excluding ortho intramolecular Hbond substituents is 1. The number of rotatable bonds is 4. The molecule has 1 aromatic heterocycles. The van der Waals surface area contributed by atoms with Crippen LogP contribution in [-0.2, 0) is 4.74 Å². The molecule has 32 heavy (non-hydrogen) atoms. The lowest BCUT2D eigenvalue weighted by Crippen LogP contribution is -2.46. The molecule has 1 fully saturated rings. The number of nitrogens with two attached hydrogens (primary N) is 1. The number of hydrogen-bond acceptors (Lipinski definition) is 7. The van der Waals surface area contributed by atoms with Crippen LogP contribution in [0.1, 0.15) is 28.3 Å². The molecule has 166 valence electrons. The number of para-hydroxylation sites is 1. The smallest absolute Gasteiger partial charge is 0.337 e. The van der Waals surface area contributed by atoms with Crippen molar-refractivity contribution >= 4 is 17.5 Å². The molecule has 0 saturated carbocycles. The first-order valence-electron chi connectivity index (χ1n) is 10.00. The monoisotopic (exact) mass is 440 g/mol. The summed E-state index contributed by atoms with van der Waals surface area (Å²) in [4.78, 5) is 13.2. The minimum absolute atomic E-state index is 0.00469. The Labute approximate surface area is 183 Å². The molecule has 3 N–H and O–H groups in total. The first-order chi connectivity index (χ1) is 15.3. The predicted octanol–water partition coefficient (Wildman–Crippen LogP) is 3.85. The van der Waals surface area contributed by atoms with Gasteiger partial charge in [0.2, 0.25) is 0 Å². The number of alkyl halides is 2. The van der Waals surface area contributed by atoms with Gasteiger partial charge in [-0.2, -0.15) is 0 Å². The number of piperidine rings is 1. The number of methoxy groups -OCH3 is 1. The number of ether oxygens (including phenoxy) is 1. The van der Waals surface area contributed by atoms with Crippen molar-refractivity contribution in [2.45, 2.75) is 18.3 Å². The summed E-state index contributed by atoms with van der Waals surface area (Å²) in [5, 5.41) is 18.1. The van der Waals surface area contributed by atoms with Crippen LogP contribution in [0.25, 0.3) is 11.3 Å². The molecule has 1 aliphatic rings. The van der Waals surface area contributed by atoms with Crippen LogP contribution in [0.4, 0.5) is 20.3 Å². The Morgan fingerprint density at radius 1 is 1.19 bits per heavy atom. The highest BCUT2D eigenvalue weighted by Crippen LogP contribution is 2.40. The van der Waals surface area contributed by atoms with E-state index in [1.807, 2.05) is 0 Å². The average Bonchev–Trinajstić information content (AvgIpc) is 2.78. The van der Waals surface area contributed by atoms with Crippen molar-refractivity contribution in [3.05, 3.63) is 65.7 Å². The van der Waals surface area contributed by atoms with Gasteiger partial charge in [0.05, 0.1) is 30.6 Å². The number of benzene rings is 2. The third-order valence-corrected chi connectivity index (χ3v) is 5.53. The summed E-state index contributed by atoms with van der Waals surface area (Å²) in [6.45, 7) is -0.233. The minimum atomic E-state index is -2.96. The Kier molecular flexibility index (Phi) is 5.65. The molecule has 0 amide bonds. The van der Waals surface area contributed by atoms with Crippen LogP contribution < -0.4 is 10.6 Å². The van der Waals surface area contributed by atoms with E-state index in [0.717, 1.165) is 0 Å². The second-order valence-electron chi connectivity index (χ2n) is 7.77. The molecular weight excluding hydrogens is 418 g/mol. The van der Waals surface area contributed by atoms with Gasteiger partial charge < -0.3 is 20.5 Å². The summed E-state index contributed by atoms with van der Waals surface area (Å²) in [7, 11) is 1.28. The number of carbonyl (C=O) groups excluding carboxylic acids is 1. The number of aromatic nitrogens is 2. The number of carbonyl (C=O) groups is 1. The summed E-state index contributed by atoms with van der Waals surface area (Å²) in [6, 6.07) is 14.6. The van der Waals surface area contributed by atoms with Crippen molar-refractivity contribution < 1.29 is 23.4 Å².